The average Bonchev–Trinajstić information content (AvgIpc) is 2.14. The highest BCUT2D eigenvalue weighted by atomic mass is 32.2. The second-order valence-electron chi connectivity index (χ2n) is 3.90. The number of allylic oxidation sites excluding steroid dienone is 1. The number of hydrogen-bond donors (Lipinski definition) is 1. The van der Waals surface area contributed by atoms with Crippen molar-refractivity contribution in [2.24, 2.45) is 0 Å². The number of hydrogen-bond acceptors (Lipinski definition) is 4. The normalized spacial score (nSPS) is 10.3. The Morgan fingerprint density at radius 1 is 1.41 bits per heavy atom. The van der Waals surface area contributed by atoms with Gasteiger partial charge in [0, 0.05) is 5.75 Å². The van der Waals surface area contributed by atoms with Crippen molar-refractivity contribution in [1.29, 1.82) is 0 Å². The van der Waals surface area contributed by atoms with Crippen LogP contribution in [-0.2, 0) is 0 Å². The minimum absolute atomic E-state index is 0.210. The molecule has 0 saturated heterocycles. The molecule has 0 bridgehead atoms. The van der Waals surface area contributed by atoms with E-state index in [1.165, 1.54) is 11.8 Å². The summed E-state index contributed by atoms with van der Waals surface area (Å²) < 4.78 is 0. The fourth-order valence-electron chi connectivity index (χ4n) is 1.35. The first kappa shape index (κ1) is 13.7. The summed E-state index contributed by atoms with van der Waals surface area (Å²) in [5.74, 6) is 0.413. The molecule has 0 amide bonds. The van der Waals surface area contributed by atoms with Gasteiger partial charge >= 0.3 is 5.97 Å². The van der Waals surface area contributed by atoms with Gasteiger partial charge in [-0.2, -0.15) is 0 Å². The van der Waals surface area contributed by atoms with E-state index in [0.717, 1.165) is 17.7 Å². The number of rotatable bonds is 5. The molecular weight excluding hydrogens is 236 g/mol. The zero-order valence-electron chi connectivity index (χ0n) is 10.3. The van der Waals surface area contributed by atoms with Crippen molar-refractivity contribution in [3.63, 3.8) is 0 Å². The highest BCUT2D eigenvalue weighted by Gasteiger charge is 2.17. The molecule has 1 heterocycles. The Hall–Kier alpha value is -1.36. The van der Waals surface area contributed by atoms with Gasteiger partial charge in [0.25, 0.3) is 0 Å². The smallest absolute Gasteiger partial charge is 0.340 e. The second-order valence-corrected chi connectivity index (χ2v) is 4.98. The third-order valence-corrected chi connectivity index (χ3v) is 3.13. The minimum Gasteiger partial charge on any atom is -0.478 e. The van der Waals surface area contributed by atoms with Crippen molar-refractivity contribution in [3.8, 4) is 0 Å². The maximum absolute atomic E-state index is 11.1. The van der Waals surface area contributed by atoms with E-state index < -0.39 is 5.97 Å². The van der Waals surface area contributed by atoms with Gasteiger partial charge in [0.05, 0.1) is 5.69 Å². The lowest BCUT2D eigenvalue weighted by molar-refractivity contribution is 0.0690. The number of aromatic carboxylic acids is 1. The van der Waals surface area contributed by atoms with Crippen molar-refractivity contribution in [2.45, 2.75) is 32.2 Å². The summed E-state index contributed by atoms with van der Waals surface area (Å²) in [5, 5.41) is 9.68. The van der Waals surface area contributed by atoms with Crippen LogP contribution in [0.25, 0.3) is 0 Å². The lowest BCUT2D eigenvalue weighted by Gasteiger charge is -2.08. The minimum atomic E-state index is -0.972. The predicted octanol–water partition coefficient (Wildman–Crippen LogP) is 2.85. The molecule has 1 rings (SSSR count). The quantitative estimate of drug-likeness (QED) is 0.496. The van der Waals surface area contributed by atoms with Crippen LogP contribution in [0.4, 0.5) is 0 Å². The third-order valence-electron chi connectivity index (χ3n) is 2.15. The number of carboxylic acid groups (broad SMARTS) is 1. The molecule has 1 aromatic heterocycles. The van der Waals surface area contributed by atoms with Crippen LogP contribution in [0.15, 0.2) is 17.2 Å². The van der Waals surface area contributed by atoms with Gasteiger partial charge in [-0.05, 0) is 27.2 Å². The maximum Gasteiger partial charge on any atom is 0.340 e. The third kappa shape index (κ3) is 3.85. The van der Waals surface area contributed by atoms with Crippen LogP contribution in [0.5, 0.6) is 0 Å². The van der Waals surface area contributed by atoms with Crippen LogP contribution >= 0.6 is 11.8 Å². The number of carboxylic acids is 1. The van der Waals surface area contributed by atoms with Gasteiger partial charge in [-0.25, -0.2) is 14.8 Å². The van der Waals surface area contributed by atoms with Gasteiger partial charge in [0.1, 0.15) is 16.4 Å². The molecule has 17 heavy (non-hydrogen) atoms. The Labute approximate surface area is 105 Å². The van der Waals surface area contributed by atoms with Gasteiger partial charge in [-0.15, -0.1) is 18.3 Å². The van der Waals surface area contributed by atoms with E-state index in [-0.39, 0.29) is 5.56 Å². The average molecular weight is 252 g/mol. The molecule has 0 radical (unpaired) electrons. The van der Waals surface area contributed by atoms with Gasteiger partial charge in [0.2, 0.25) is 0 Å². The van der Waals surface area contributed by atoms with E-state index in [2.05, 4.69) is 16.5 Å². The fourth-order valence-corrected chi connectivity index (χ4v) is 2.57. The molecule has 0 aliphatic heterocycles. The molecule has 0 fully saturated rings. The molecular formula is C12H16N2O2S. The zero-order chi connectivity index (χ0) is 13.0. The first-order chi connectivity index (χ1) is 7.91. The van der Waals surface area contributed by atoms with Gasteiger partial charge in [0.15, 0.2) is 0 Å². The van der Waals surface area contributed by atoms with Crippen molar-refractivity contribution < 1.29 is 9.90 Å². The molecule has 4 nitrogen and oxygen atoms in total. The van der Waals surface area contributed by atoms with E-state index >= 15 is 0 Å². The van der Waals surface area contributed by atoms with Crippen molar-refractivity contribution >= 4 is 17.7 Å². The van der Waals surface area contributed by atoms with Crippen molar-refractivity contribution in [2.75, 3.05) is 5.75 Å². The Kier molecular flexibility index (Phi) is 4.69. The molecule has 0 aliphatic carbocycles. The molecule has 1 aromatic rings. The van der Waals surface area contributed by atoms with Crippen LogP contribution < -0.4 is 0 Å². The summed E-state index contributed by atoms with van der Waals surface area (Å²) >= 11 is 1.44. The Bertz CT molecular complexity index is 458. The van der Waals surface area contributed by atoms with E-state index in [9.17, 15) is 4.79 Å². The summed E-state index contributed by atoms with van der Waals surface area (Å²) in [7, 11) is 0. The van der Waals surface area contributed by atoms with Gasteiger partial charge < -0.3 is 5.11 Å². The predicted molar refractivity (Wildman–Crippen MR) is 68.6 cm³/mol. The molecule has 5 heteroatoms. The number of aromatic nitrogens is 2. The number of thioether (sulfide) groups is 1. The highest BCUT2D eigenvalue weighted by molar-refractivity contribution is 7.99. The maximum atomic E-state index is 11.1. The Balaban J connectivity index is 2.96. The molecule has 92 valence electrons. The molecule has 0 unspecified atom stereocenters. The fraction of sp³-hybridized carbons (Fsp3) is 0.417. The SMILES string of the molecule is C=C(C)CCSc1nc(C)nc(C)c1C(=O)O. The standard InChI is InChI=1S/C12H16N2O2S/c1-7(2)5-6-17-11-10(12(15)16)8(3)13-9(4)14-11/h1,5-6H2,2-4H3,(H,15,16). The van der Waals surface area contributed by atoms with E-state index in [4.69, 9.17) is 5.11 Å². The summed E-state index contributed by atoms with van der Waals surface area (Å²) in [6, 6.07) is 0. The number of nitrogens with zero attached hydrogens (tertiary/aromatic N) is 2. The number of carbonyl (C=O) groups is 1. The van der Waals surface area contributed by atoms with Crippen LogP contribution in [0.2, 0.25) is 0 Å². The van der Waals surface area contributed by atoms with Crippen molar-refractivity contribution in [3.05, 3.63) is 29.2 Å². The molecule has 0 aliphatic rings. The van der Waals surface area contributed by atoms with E-state index in [1.807, 2.05) is 6.92 Å². The number of aryl methyl sites for hydroxylation is 2. The van der Waals surface area contributed by atoms with Crippen LogP contribution in [0, 0.1) is 13.8 Å². The summed E-state index contributed by atoms with van der Waals surface area (Å²) in [4.78, 5) is 19.4. The Morgan fingerprint density at radius 2 is 2.06 bits per heavy atom. The van der Waals surface area contributed by atoms with E-state index in [1.54, 1.807) is 13.8 Å². The molecule has 1 N–H and O–H groups in total. The molecule has 0 saturated carbocycles. The van der Waals surface area contributed by atoms with Gasteiger partial charge in [-0.3, -0.25) is 0 Å². The lowest BCUT2D eigenvalue weighted by Crippen LogP contribution is -2.08. The zero-order valence-corrected chi connectivity index (χ0v) is 11.1. The van der Waals surface area contributed by atoms with Crippen molar-refractivity contribution in [1.82, 2.24) is 9.97 Å². The summed E-state index contributed by atoms with van der Waals surface area (Å²) in [5.41, 5.74) is 1.81. The largest absolute Gasteiger partial charge is 0.478 e. The first-order valence-corrected chi connectivity index (χ1v) is 6.26. The molecule has 0 spiro atoms. The molecule has 0 atom stereocenters. The van der Waals surface area contributed by atoms with Gasteiger partial charge in [-0.1, -0.05) is 5.57 Å². The summed E-state index contributed by atoms with van der Waals surface area (Å²) in [6.07, 6.45) is 0.853. The van der Waals surface area contributed by atoms with Crippen LogP contribution in [-0.4, -0.2) is 26.8 Å². The van der Waals surface area contributed by atoms with Crippen LogP contribution in [0.3, 0.4) is 0 Å². The molecule has 0 aromatic carbocycles. The van der Waals surface area contributed by atoms with Crippen LogP contribution in [0.1, 0.15) is 35.2 Å². The second kappa shape index (κ2) is 5.82. The topological polar surface area (TPSA) is 63.1 Å². The monoisotopic (exact) mass is 252 g/mol. The Morgan fingerprint density at radius 3 is 2.59 bits per heavy atom. The summed E-state index contributed by atoms with van der Waals surface area (Å²) in [6.45, 7) is 9.23. The van der Waals surface area contributed by atoms with E-state index in [0.29, 0.717) is 16.5 Å². The first-order valence-electron chi connectivity index (χ1n) is 5.27. The lowest BCUT2D eigenvalue weighted by atomic mass is 10.2. The highest BCUT2D eigenvalue weighted by Crippen LogP contribution is 2.24.